The van der Waals surface area contributed by atoms with Gasteiger partial charge in [0.1, 0.15) is 0 Å². The Bertz CT molecular complexity index is 208. The van der Waals surface area contributed by atoms with Gasteiger partial charge in [0.25, 0.3) is 0 Å². The quantitative estimate of drug-likeness (QED) is 0.225. The predicted molar refractivity (Wildman–Crippen MR) is 100 cm³/mol. The Labute approximate surface area is 140 Å². The molecule has 0 radical (unpaired) electrons. The molecule has 0 saturated carbocycles. The number of hydrogen-bond donors (Lipinski definition) is 1. The molecule has 0 aliphatic carbocycles. The van der Waals surface area contributed by atoms with Gasteiger partial charge >= 0.3 is 0 Å². The molecule has 0 aliphatic heterocycles. The molecular formula is C21H42O. The van der Waals surface area contributed by atoms with Gasteiger partial charge in [-0.25, -0.2) is 0 Å². The van der Waals surface area contributed by atoms with E-state index in [-0.39, 0.29) is 6.10 Å². The van der Waals surface area contributed by atoms with Crippen LogP contribution < -0.4 is 0 Å². The third-order valence-corrected chi connectivity index (χ3v) is 4.78. The average Bonchev–Trinajstić information content (AvgIpc) is 2.53. The van der Waals surface area contributed by atoms with Crippen LogP contribution in [0.1, 0.15) is 110 Å². The van der Waals surface area contributed by atoms with E-state index in [1.54, 1.807) is 6.08 Å². The summed E-state index contributed by atoms with van der Waals surface area (Å²) in [5.41, 5.74) is 0. The molecule has 0 aromatic rings. The van der Waals surface area contributed by atoms with Gasteiger partial charge in [0.15, 0.2) is 0 Å². The molecule has 1 N–H and O–H groups in total. The lowest BCUT2D eigenvalue weighted by molar-refractivity contribution is 0.177. The Hall–Kier alpha value is -0.300. The molecule has 22 heavy (non-hydrogen) atoms. The maximum atomic E-state index is 9.86. The fraction of sp³-hybridized carbons (Fsp3) is 0.905. The van der Waals surface area contributed by atoms with Crippen LogP contribution in [0, 0.1) is 5.92 Å². The lowest BCUT2D eigenvalue weighted by atomic mass is 9.89. The zero-order valence-corrected chi connectivity index (χ0v) is 15.5. The van der Waals surface area contributed by atoms with Crippen LogP contribution in [0.4, 0.5) is 0 Å². The second-order valence-electron chi connectivity index (χ2n) is 7.02. The van der Waals surface area contributed by atoms with Crippen LogP contribution in [0.2, 0.25) is 0 Å². The summed E-state index contributed by atoms with van der Waals surface area (Å²) in [7, 11) is 0. The van der Waals surface area contributed by atoms with Gasteiger partial charge in [-0.05, 0) is 12.3 Å². The van der Waals surface area contributed by atoms with Crippen molar-refractivity contribution in [3.8, 4) is 0 Å². The summed E-state index contributed by atoms with van der Waals surface area (Å²) in [6.45, 7) is 8.27. The second-order valence-corrected chi connectivity index (χ2v) is 7.02. The average molecular weight is 311 g/mol. The first kappa shape index (κ1) is 21.7. The van der Waals surface area contributed by atoms with Crippen LogP contribution in [0.25, 0.3) is 0 Å². The fourth-order valence-corrected chi connectivity index (χ4v) is 3.24. The summed E-state index contributed by atoms with van der Waals surface area (Å²) in [5.74, 6) is 0.699. The number of unbranched alkanes of at least 4 members (excludes halogenated alkanes) is 10. The van der Waals surface area contributed by atoms with Gasteiger partial charge in [-0.2, -0.15) is 0 Å². The van der Waals surface area contributed by atoms with Crippen LogP contribution in [-0.2, 0) is 0 Å². The number of rotatable bonds is 17. The van der Waals surface area contributed by atoms with E-state index in [0.29, 0.717) is 5.92 Å². The molecule has 0 spiro atoms. The molecule has 0 rings (SSSR count). The van der Waals surface area contributed by atoms with E-state index in [2.05, 4.69) is 20.4 Å². The van der Waals surface area contributed by atoms with E-state index in [1.807, 2.05) is 0 Å². The molecule has 0 aromatic heterocycles. The molecule has 1 heteroatoms. The minimum atomic E-state index is -0.301. The first-order valence-electron chi connectivity index (χ1n) is 10.0. The Morgan fingerprint density at radius 2 is 1.14 bits per heavy atom. The molecule has 0 unspecified atom stereocenters. The first-order valence-corrected chi connectivity index (χ1v) is 10.0. The summed E-state index contributed by atoms with van der Waals surface area (Å²) >= 11 is 0. The summed E-state index contributed by atoms with van der Waals surface area (Å²) in [6, 6.07) is 0. The Morgan fingerprint density at radius 3 is 1.55 bits per heavy atom. The number of aliphatic hydroxyl groups excluding tert-OH is 1. The zero-order valence-electron chi connectivity index (χ0n) is 15.5. The van der Waals surface area contributed by atoms with Crippen molar-refractivity contribution in [2.75, 3.05) is 0 Å². The maximum Gasteiger partial charge on any atom is 0.0720 e. The van der Waals surface area contributed by atoms with Crippen molar-refractivity contribution in [1.82, 2.24) is 0 Å². The van der Waals surface area contributed by atoms with E-state index in [9.17, 15) is 5.11 Å². The van der Waals surface area contributed by atoms with Gasteiger partial charge in [-0.15, -0.1) is 6.58 Å². The lowest BCUT2D eigenvalue weighted by Crippen LogP contribution is -2.11. The third-order valence-electron chi connectivity index (χ3n) is 4.78. The molecule has 132 valence electrons. The summed E-state index contributed by atoms with van der Waals surface area (Å²) < 4.78 is 0. The van der Waals surface area contributed by atoms with Gasteiger partial charge in [0.05, 0.1) is 6.10 Å². The molecule has 0 bridgehead atoms. The lowest BCUT2D eigenvalue weighted by Gasteiger charge is -2.19. The SMILES string of the molecule is C=C[C@H](O)CC(CCCCCCCC)CCCCCCCC. The van der Waals surface area contributed by atoms with Crippen LogP contribution in [0.15, 0.2) is 12.7 Å². The Morgan fingerprint density at radius 1 is 0.727 bits per heavy atom. The van der Waals surface area contributed by atoms with Crippen molar-refractivity contribution in [1.29, 1.82) is 0 Å². The van der Waals surface area contributed by atoms with Crippen molar-refractivity contribution >= 4 is 0 Å². The smallest absolute Gasteiger partial charge is 0.0720 e. The highest BCUT2D eigenvalue weighted by Gasteiger charge is 2.12. The fourth-order valence-electron chi connectivity index (χ4n) is 3.24. The van der Waals surface area contributed by atoms with Crippen LogP contribution in [-0.4, -0.2) is 11.2 Å². The summed E-state index contributed by atoms with van der Waals surface area (Å²) in [4.78, 5) is 0. The van der Waals surface area contributed by atoms with Crippen molar-refractivity contribution in [3.63, 3.8) is 0 Å². The Kier molecular flexibility index (Phi) is 16.8. The summed E-state index contributed by atoms with van der Waals surface area (Å²) in [6.07, 6.45) is 21.3. The normalized spacial score (nSPS) is 12.7. The molecular weight excluding hydrogens is 268 g/mol. The second kappa shape index (κ2) is 17.1. The van der Waals surface area contributed by atoms with Crippen molar-refractivity contribution < 1.29 is 5.11 Å². The van der Waals surface area contributed by atoms with Gasteiger partial charge in [-0.1, -0.05) is 110 Å². The topological polar surface area (TPSA) is 20.2 Å². The van der Waals surface area contributed by atoms with Gasteiger partial charge in [-0.3, -0.25) is 0 Å². The third kappa shape index (κ3) is 14.6. The molecule has 0 amide bonds. The summed E-state index contributed by atoms with van der Waals surface area (Å²) in [5, 5.41) is 9.86. The van der Waals surface area contributed by atoms with Crippen LogP contribution in [0.3, 0.4) is 0 Å². The zero-order chi connectivity index (χ0) is 16.5. The van der Waals surface area contributed by atoms with Gasteiger partial charge in [0, 0.05) is 0 Å². The minimum Gasteiger partial charge on any atom is -0.389 e. The van der Waals surface area contributed by atoms with Crippen molar-refractivity contribution in [3.05, 3.63) is 12.7 Å². The number of hydrogen-bond acceptors (Lipinski definition) is 1. The standard InChI is InChI=1S/C21H42O/c1-4-7-9-11-13-15-17-20(19-21(22)6-3)18-16-14-12-10-8-5-2/h6,20-22H,3-5,7-19H2,1-2H3/t21-/m0/s1. The molecule has 1 nitrogen and oxygen atoms in total. The van der Waals surface area contributed by atoms with E-state index >= 15 is 0 Å². The number of aliphatic hydroxyl groups is 1. The van der Waals surface area contributed by atoms with E-state index in [1.165, 1.54) is 89.9 Å². The van der Waals surface area contributed by atoms with E-state index in [0.717, 1.165) is 6.42 Å². The molecule has 0 heterocycles. The van der Waals surface area contributed by atoms with Gasteiger partial charge < -0.3 is 5.11 Å². The molecule has 1 atom stereocenters. The molecule has 0 saturated heterocycles. The highest BCUT2D eigenvalue weighted by atomic mass is 16.3. The highest BCUT2D eigenvalue weighted by molar-refractivity contribution is 4.80. The monoisotopic (exact) mass is 310 g/mol. The molecule has 0 aromatic carbocycles. The van der Waals surface area contributed by atoms with Crippen molar-refractivity contribution in [2.24, 2.45) is 5.92 Å². The van der Waals surface area contributed by atoms with Gasteiger partial charge in [0.2, 0.25) is 0 Å². The van der Waals surface area contributed by atoms with Crippen LogP contribution >= 0.6 is 0 Å². The largest absolute Gasteiger partial charge is 0.389 e. The first-order chi connectivity index (χ1) is 10.7. The predicted octanol–water partition coefficient (Wildman–Crippen LogP) is 7.04. The van der Waals surface area contributed by atoms with Crippen molar-refractivity contribution in [2.45, 2.75) is 116 Å². The maximum absolute atomic E-state index is 9.86. The van der Waals surface area contributed by atoms with E-state index in [4.69, 9.17) is 0 Å². The van der Waals surface area contributed by atoms with Crippen LogP contribution in [0.5, 0.6) is 0 Å². The molecule has 0 fully saturated rings. The Balaban J connectivity index is 3.77. The van der Waals surface area contributed by atoms with E-state index < -0.39 is 0 Å². The molecule has 0 aliphatic rings. The minimum absolute atomic E-state index is 0.301. The highest BCUT2D eigenvalue weighted by Crippen LogP contribution is 2.23.